The second-order valence-corrected chi connectivity index (χ2v) is 12.2. The number of alkyl halides is 3. The molecule has 4 heterocycles. The van der Waals surface area contributed by atoms with E-state index >= 15 is 0 Å². The van der Waals surface area contributed by atoms with Crippen molar-refractivity contribution in [3.05, 3.63) is 64.1 Å². The number of rotatable bonds is 9. The van der Waals surface area contributed by atoms with Crippen molar-refractivity contribution in [2.45, 2.75) is 71.8 Å². The third-order valence-electron chi connectivity index (χ3n) is 7.82. The average molecular weight is 610 g/mol. The topological polar surface area (TPSA) is 98.9 Å². The van der Waals surface area contributed by atoms with E-state index in [1.165, 1.54) is 5.56 Å². The Morgan fingerprint density at radius 1 is 1.19 bits per heavy atom. The number of thiophene rings is 1. The first kappa shape index (κ1) is 30.5. The normalized spacial score (nSPS) is 14.7. The highest BCUT2D eigenvalue weighted by molar-refractivity contribution is 7.18. The molecule has 0 radical (unpaired) electrons. The van der Waals surface area contributed by atoms with Crippen molar-refractivity contribution in [1.29, 1.82) is 5.26 Å². The maximum Gasteiger partial charge on any atom is 0.393 e. The van der Waals surface area contributed by atoms with Crippen LogP contribution in [0.25, 0.3) is 21.1 Å². The molecule has 0 aliphatic carbocycles. The average Bonchev–Trinajstić information content (AvgIpc) is 3.50. The molecule has 8 nitrogen and oxygen atoms in total. The minimum absolute atomic E-state index is 0.112. The van der Waals surface area contributed by atoms with E-state index in [1.807, 2.05) is 16.7 Å². The summed E-state index contributed by atoms with van der Waals surface area (Å²) in [6.45, 7) is 12.4. The number of nitrogens with one attached hydrogen (secondary N) is 2. The van der Waals surface area contributed by atoms with Crippen molar-refractivity contribution < 1.29 is 18.0 Å². The molecule has 0 bridgehead atoms. The number of anilines is 1. The minimum Gasteiger partial charge on any atom is -0.367 e. The maximum atomic E-state index is 13.0. The van der Waals surface area contributed by atoms with Crippen molar-refractivity contribution in [2.24, 2.45) is 0 Å². The molecule has 226 valence electrons. The van der Waals surface area contributed by atoms with Gasteiger partial charge in [-0.25, -0.2) is 9.97 Å². The highest BCUT2D eigenvalue weighted by atomic mass is 32.1. The number of halogens is 3. The van der Waals surface area contributed by atoms with Gasteiger partial charge in [0.2, 0.25) is 5.91 Å². The summed E-state index contributed by atoms with van der Waals surface area (Å²) in [6, 6.07) is 10.0. The molecule has 1 aliphatic rings. The van der Waals surface area contributed by atoms with Crippen LogP contribution in [0.3, 0.4) is 0 Å². The minimum atomic E-state index is -4.27. The van der Waals surface area contributed by atoms with E-state index in [9.17, 15) is 23.2 Å². The number of carbonyl (C=O) groups excluding carboxylic acids is 1. The fourth-order valence-corrected chi connectivity index (χ4v) is 6.72. The van der Waals surface area contributed by atoms with Crippen LogP contribution in [-0.2, 0) is 24.3 Å². The number of allylic oxidation sites excluding steroid dienone is 1. The SMILES string of the molecule is C=C(Cn1c(C#N)cc2c(C)c(CN3CCC(Nc4nc(C)nc5sc(CC(F)(F)F)cc45)CC3)ccc21)NC(=O)CC. The molecule has 1 aliphatic heterocycles. The molecule has 5 rings (SSSR count). The number of nitriles is 1. The molecule has 1 aromatic carbocycles. The summed E-state index contributed by atoms with van der Waals surface area (Å²) in [5, 5.41) is 17.7. The van der Waals surface area contributed by atoms with Gasteiger partial charge in [0.05, 0.1) is 18.4 Å². The number of piperidine rings is 1. The Morgan fingerprint density at radius 3 is 2.60 bits per heavy atom. The predicted molar refractivity (Wildman–Crippen MR) is 163 cm³/mol. The molecule has 2 N–H and O–H groups in total. The van der Waals surface area contributed by atoms with Crippen molar-refractivity contribution in [2.75, 3.05) is 18.4 Å². The summed E-state index contributed by atoms with van der Waals surface area (Å²) in [7, 11) is 0. The summed E-state index contributed by atoms with van der Waals surface area (Å²) in [5.41, 5.74) is 4.27. The van der Waals surface area contributed by atoms with Gasteiger partial charge in [0.1, 0.15) is 28.2 Å². The number of aromatic nitrogens is 3. The number of nitrogens with zero attached hydrogens (tertiary/aromatic N) is 5. The molecule has 0 atom stereocenters. The van der Waals surface area contributed by atoms with Gasteiger partial charge in [-0.1, -0.05) is 19.6 Å². The Kier molecular flexibility index (Phi) is 8.76. The summed E-state index contributed by atoms with van der Waals surface area (Å²) < 4.78 is 40.8. The highest BCUT2D eigenvalue weighted by Gasteiger charge is 2.29. The number of hydrogen-bond acceptors (Lipinski definition) is 7. The quantitative estimate of drug-likeness (QED) is 0.229. The van der Waals surface area contributed by atoms with E-state index in [4.69, 9.17) is 0 Å². The second kappa shape index (κ2) is 12.3. The first-order chi connectivity index (χ1) is 20.4. The van der Waals surface area contributed by atoms with E-state index in [1.54, 1.807) is 19.9 Å². The molecular weight excluding hydrogens is 575 g/mol. The van der Waals surface area contributed by atoms with Gasteiger partial charge in [-0.3, -0.25) is 9.69 Å². The number of aryl methyl sites for hydroxylation is 2. The zero-order chi connectivity index (χ0) is 30.9. The number of benzene rings is 1. The number of likely N-dealkylation sites (tertiary alicyclic amines) is 1. The Hall–Kier alpha value is -3.95. The standard InChI is InChI=1S/C31H34F3N7OS/c1-5-28(42)36-18(2)16-41-23(15-35)12-25-19(3)21(6-7-27(25)41)17-40-10-8-22(9-11-40)39-29-26-13-24(14-31(32,33)34)43-30(26)38-20(4)37-29/h6-7,12-13,22H,2,5,8-11,14,16-17H2,1,3-4H3,(H,36,42)(H,37,38,39). The van der Waals surface area contributed by atoms with E-state index in [0.717, 1.165) is 60.3 Å². The van der Waals surface area contributed by atoms with E-state index in [0.29, 0.717) is 46.2 Å². The summed E-state index contributed by atoms with van der Waals surface area (Å²) in [5.74, 6) is 1.02. The van der Waals surface area contributed by atoms with Crippen LogP contribution >= 0.6 is 11.3 Å². The zero-order valence-electron chi connectivity index (χ0n) is 24.4. The van der Waals surface area contributed by atoms with E-state index in [2.05, 4.69) is 51.1 Å². The summed E-state index contributed by atoms with van der Waals surface area (Å²) in [6.07, 6.45) is -3.14. The molecule has 4 aromatic rings. The maximum absolute atomic E-state index is 13.0. The second-order valence-electron chi connectivity index (χ2n) is 11.1. The van der Waals surface area contributed by atoms with Gasteiger partial charge in [0.25, 0.3) is 0 Å². The van der Waals surface area contributed by atoms with E-state index in [-0.39, 0.29) is 16.8 Å². The van der Waals surface area contributed by atoms with Gasteiger partial charge in [-0.15, -0.1) is 11.3 Å². The fourth-order valence-electron chi connectivity index (χ4n) is 5.61. The van der Waals surface area contributed by atoms with Crippen molar-refractivity contribution in [3.63, 3.8) is 0 Å². The summed E-state index contributed by atoms with van der Waals surface area (Å²) in [4.78, 5) is 23.9. The Bertz CT molecular complexity index is 1730. The number of amides is 1. The van der Waals surface area contributed by atoms with Gasteiger partial charge in [-0.05, 0) is 56.0 Å². The largest absolute Gasteiger partial charge is 0.393 e. The molecule has 12 heteroatoms. The number of carbonyl (C=O) groups is 1. The number of fused-ring (bicyclic) bond motifs is 2. The number of hydrogen-bond donors (Lipinski definition) is 2. The van der Waals surface area contributed by atoms with Gasteiger partial charge in [0.15, 0.2) is 0 Å². The molecule has 0 saturated carbocycles. The molecule has 0 unspecified atom stereocenters. The lowest BCUT2D eigenvalue weighted by atomic mass is 10.0. The van der Waals surface area contributed by atoms with Crippen molar-refractivity contribution >= 4 is 44.2 Å². The third kappa shape index (κ3) is 7.00. The molecule has 1 amide bonds. The van der Waals surface area contributed by atoms with Gasteiger partial charge >= 0.3 is 6.18 Å². The van der Waals surface area contributed by atoms with Crippen LogP contribution < -0.4 is 10.6 Å². The molecular formula is C31H34F3N7OS. The van der Waals surface area contributed by atoms with Crippen LogP contribution in [0.1, 0.15) is 53.7 Å². The van der Waals surface area contributed by atoms with Crippen LogP contribution in [0.5, 0.6) is 0 Å². The first-order valence-corrected chi connectivity index (χ1v) is 15.1. The fraction of sp³-hybridized carbons (Fsp3) is 0.419. The van der Waals surface area contributed by atoms with Crippen LogP contribution in [0.15, 0.2) is 36.5 Å². The van der Waals surface area contributed by atoms with Gasteiger partial charge < -0.3 is 15.2 Å². The molecule has 3 aromatic heterocycles. The predicted octanol–water partition coefficient (Wildman–Crippen LogP) is 6.36. The monoisotopic (exact) mass is 609 g/mol. The van der Waals surface area contributed by atoms with Crippen molar-refractivity contribution in [1.82, 2.24) is 24.8 Å². The third-order valence-corrected chi connectivity index (χ3v) is 8.85. The lowest BCUT2D eigenvalue weighted by Crippen LogP contribution is -2.39. The molecule has 43 heavy (non-hydrogen) atoms. The molecule has 1 saturated heterocycles. The van der Waals surface area contributed by atoms with Crippen LogP contribution in [0, 0.1) is 25.2 Å². The lowest BCUT2D eigenvalue weighted by Gasteiger charge is -2.33. The van der Waals surface area contributed by atoms with Gasteiger partial charge in [-0.2, -0.15) is 18.4 Å². The Morgan fingerprint density at radius 2 is 1.93 bits per heavy atom. The Labute approximate surface area is 252 Å². The van der Waals surface area contributed by atoms with Crippen LogP contribution in [-0.4, -0.2) is 50.6 Å². The highest BCUT2D eigenvalue weighted by Crippen LogP contribution is 2.34. The smallest absolute Gasteiger partial charge is 0.367 e. The zero-order valence-corrected chi connectivity index (χ0v) is 25.3. The molecule has 0 spiro atoms. The van der Waals surface area contributed by atoms with Crippen LogP contribution in [0.4, 0.5) is 19.0 Å². The molecule has 1 fully saturated rings. The van der Waals surface area contributed by atoms with E-state index < -0.39 is 12.6 Å². The van der Waals surface area contributed by atoms with Crippen molar-refractivity contribution in [3.8, 4) is 6.07 Å². The first-order valence-electron chi connectivity index (χ1n) is 14.3. The van der Waals surface area contributed by atoms with Crippen LogP contribution in [0.2, 0.25) is 0 Å². The summed E-state index contributed by atoms with van der Waals surface area (Å²) >= 11 is 1.07. The van der Waals surface area contributed by atoms with Gasteiger partial charge in [0, 0.05) is 53.6 Å². The Balaban J connectivity index is 1.25. The lowest BCUT2D eigenvalue weighted by molar-refractivity contribution is -0.126.